The van der Waals surface area contributed by atoms with Gasteiger partial charge in [-0.1, -0.05) is 33.9 Å². The van der Waals surface area contributed by atoms with Crippen LogP contribution >= 0.6 is 0 Å². The summed E-state index contributed by atoms with van der Waals surface area (Å²) in [5.74, 6) is -0.949. The molecule has 0 aromatic heterocycles. The van der Waals surface area contributed by atoms with Crippen molar-refractivity contribution in [3.8, 4) is 0 Å². The van der Waals surface area contributed by atoms with E-state index in [0.717, 1.165) is 38.5 Å². The van der Waals surface area contributed by atoms with E-state index in [1.165, 1.54) is 0 Å². The van der Waals surface area contributed by atoms with Crippen LogP contribution in [0.5, 0.6) is 0 Å². The molecule has 6 atom stereocenters. The van der Waals surface area contributed by atoms with Crippen molar-refractivity contribution < 1.29 is 38.1 Å². The van der Waals surface area contributed by atoms with E-state index in [1.807, 2.05) is 0 Å². The van der Waals surface area contributed by atoms with Gasteiger partial charge in [-0.25, -0.2) is 19.2 Å². The van der Waals surface area contributed by atoms with Gasteiger partial charge < -0.3 is 29.6 Å². The molecule has 0 aliphatic heterocycles. The summed E-state index contributed by atoms with van der Waals surface area (Å²) in [5.41, 5.74) is 0.233. The zero-order chi connectivity index (χ0) is 31.1. The summed E-state index contributed by atoms with van der Waals surface area (Å²) in [6.45, 7) is 17.2. The third-order valence-corrected chi connectivity index (χ3v) is 8.44. The molecule has 0 spiro atoms. The largest absolute Gasteiger partial charge is 0.455 e. The van der Waals surface area contributed by atoms with E-state index in [-0.39, 0.29) is 16.9 Å². The summed E-state index contributed by atoms with van der Waals surface area (Å²) in [6.07, 6.45) is 5.38. The molecule has 0 aromatic carbocycles. The second-order valence-electron chi connectivity index (χ2n) is 13.7. The Balaban J connectivity index is 1.54. The van der Waals surface area contributed by atoms with Gasteiger partial charge in [-0.15, -0.1) is 0 Å². The van der Waals surface area contributed by atoms with Crippen molar-refractivity contribution in [2.45, 2.75) is 136 Å². The number of nitrogens with one attached hydrogen (secondary N) is 2. The van der Waals surface area contributed by atoms with Crippen LogP contribution in [0.3, 0.4) is 0 Å². The highest BCUT2D eigenvalue weighted by molar-refractivity contribution is 5.87. The van der Waals surface area contributed by atoms with E-state index in [2.05, 4.69) is 44.6 Å². The van der Waals surface area contributed by atoms with Gasteiger partial charge in [-0.05, 0) is 95.3 Å². The van der Waals surface area contributed by atoms with Gasteiger partial charge in [0.05, 0.1) is 0 Å². The average Bonchev–Trinajstić information content (AvgIpc) is 2.88. The fourth-order valence-corrected chi connectivity index (χ4v) is 6.81. The second-order valence-corrected chi connectivity index (χ2v) is 13.7. The quantitative estimate of drug-likeness (QED) is 0.193. The molecule has 3 rings (SSSR count). The summed E-state index contributed by atoms with van der Waals surface area (Å²) in [6, 6.07) is -0.159. The minimum atomic E-state index is -0.542. The Morgan fingerprint density at radius 2 is 1.12 bits per heavy atom. The lowest BCUT2D eigenvalue weighted by Gasteiger charge is -2.46. The van der Waals surface area contributed by atoms with Crippen molar-refractivity contribution in [2.75, 3.05) is 6.54 Å². The lowest BCUT2D eigenvalue weighted by molar-refractivity contribution is -0.153. The van der Waals surface area contributed by atoms with Crippen LogP contribution in [0.2, 0.25) is 0 Å². The van der Waals surface area contributed by atoms with Gasteiger partial charge in [-0.2, -0.15) is 0 Å². The highest BCUT2D eigenvalue weighted by Gasteiger charge is 2.43. The number of ether oxygens (including phenoxy) is 4. The minimum absolute atomic E-state index is 0.0911. The van der Waals surface area contributed by atoms with Gasteiger partial charge in [-0.3, -0.25) is 0 Å². The van der Waals surface area contributed by atoms with Crippen molar-refractivity contribution in [3.63, 3.8) is 0 Å². The van der Waals surface area contributed by atoms with E-state index >= 15 is 0 Å². The number of carbonyl (C=O) groups is 4. The summed E-state index contributed by atoms with van der Waals surface area (Å²) >= 11 is 0. The van der Waals surface area contributed by atoms with Crippen molar-refractivity contribution in [1.29, 1.82) is 0 Å². The fourth-order valence-electron chi connectivity index (χ4n) is 6.81. The van der Waals surface area contributed by atoms with E-state index in [9.17, 15) is 19.2 Å². The van der Waals surface area contributed by atoms with Gasteiger partial charge in [0.1, 0.15) is 24.4 Å². The maximum Gasteiger partial charge on any atom is 0.407 e. The molecule has 2 N–H and O–H groups in total. The number of amides is 2. The van der Waals surface area contributed by atoms with E-state index in [0.29, 0.717) is 49.8 Å². The molecule has 236 valence electrons. The standard InChI is InChI=1S/C32H50N2O8/c1-20(2)27(35)39-23-12-8-10-14-25(23)41-29(37)33-19-32(7)17-22(16-31(5,6)18-32)34-30(38)42-26-15-11-9-13-24(26)40-28(36)21(3)4/h22-26H,1,3,8-19H2,2,4-7H3,(H,33,37)(H,34,38). The van der Waals surface area contributed by atoms with Crippen LogP contribution in [0.15, 0.2) is 24.3 Å². The van der Waals surface area contributed by atoms with Gasteiger partial charge >= 0.3 is 24.1 Å². The molecule has 3 aliphatic rings. The maximum atomic E-state index is 13.0. The van der Waals surface area contributed by atoms with Crippen molar-refractivity contribution in [1.82, 2.24) is 10.6 Å². The Hall–Kier alpha value is -3.04. The number of hydrogen-bond donors (Lipinski definition) is 2. The highest BCUT2D eigenvalue weighted by Crippen LogP contribution is 2.46. The Morgan fingerprint density at radius 3 is 1.57 bits per heavy atom. The Labute approximate surface area is 250 Å². The topological polar surface area (TPSA) is 129 Å². The van der Waals surface area contributed by atoms with Gasteiger partial charge in [0, 0.05) is 23.7 Å². The molecule has 3 aliphatic carbocycles. The van der Waals surface area contributed by atoms with Crippen LogP contribution in [-0.4, -0.2) is 61.1 Å². The Bertz CT molecular complexity index is 1040. The molecule has 3 saturated carbocycles. The first-order chi connectivity index (χ1) is 19.7. The van der Waals surface area contributed by atoms with Crippen molar-refractivity contribution in [3.05, 3.63) is 24.3 Å². The molecule has 10 nitrogen and oxygen atoms in total. The average molecular weight is 591 g/mol. The molecule has 0 saturated heterocycles. The zero-order valence-corrected chi connectivity index (χ0v) is 26.1. The third-order valence-electron chi connectivity index (χ3n) is 8.44. The van der Waals surface area contributed by atoms with Crippen LogP contribution < -0.4 is 10.6 Å². The molecule has 10 heteroatoms. The summed E-state index contributed by atoms with van der Waals surface area (Å²) in [5, 5.41) is 5.97. The van der Waals surface area contributed by atoms with Crippen LogP contribution in [0.4, 0.5) is 9.59 Å². The Morgan fingerprint density at radius 1 is 0.690 bits per heavy atom. The maximum absolute atomic E-state index is 13.0. The van der Waals surface area contributed by atoms with Crippen LogP contribution in [-0.2, 0) is 28.5 Å². The number of alkyl carbamates (subject to hydrolysis) is 2. The van der Waals surface area contributed by atoms with E-state index in [1.54, 1.807) is 13.8 Å². The molecule has 42 heavy (non-hydrogen) atoms. The predicted octanol–water partition coefficient (Wildman–Crippen LogP) is 5.88. The number of carbonyl (C=O) groups excluding carboxylic acids is 4. The fraction of sp³-hybridized carbons (Fsp3) is 0.750. The third kappa shape index (κ3) is 10.1. The van der Waals surface area contributed by atoms with Crippen LogP contribution in [0.1, 0.15) is 105 Å². The summed E-state index contributed by atoms with van der Waals surface area (Å²) in [7, 11) is 0. The van der Waals surface area contributed by atoms with Gasteiger partial charge in [0.2, 0.25) is 0 Å². The normalized spacial score (nSPS) is 30.6. The molecular formula is C32H50N2O8. The predicted molar refractivity (Wildman–Crippen MR) is 158 cm³/mol. The highest BCUT2D eigenvalue weighted by atomic mass is 16.6. The molecule has 0 radical (unpaired) electrons. The van der Waals surface area contributed by atoms with Crippen LogP contribution in [0, 0.1) is 10.8 Å². The SMILES string of the molecule is C=C(C)C(=O)OC1CCCCC1OC(=O)NCC1(C)CC(NC(=O)OC2CCCCC2OC(=O)C(=C)C)CC(C)(C)C1. The lowest BCUT2D eigenvalue weighted by atomic mass is 9.62. The molecule has 0 heterocycles. The molecule has 2 amide bonds. The summed E-state index contributed by atoms with van der Waals surface area (Å²) < 4.78 is 22.6. The Kier molecular flexibility index (Phi) is 11.5. The molecule has 0 aromatic rings. The van der Waals surface area contributed by atoms with E-state index in [4.69, 9.17) is 18.9 Å². The molecule has 6 unspecified atom stereocenters. The van der Waals surface area contributed by atoms with Crippen molar-refractivity contribution >= 4 is 24.1 Å². The number of hydrogen-bond acceptors (Lipinski definition) is 8. The lowest BCUT2D eigenvalue weighted by Crippen LogP contribution is -2.51. The first-order valence-corrected chi connectivity index (χ1v) is 15.3. The number of esters is 2. The molecular weight excluding hydrogens is 540 g/mol. The zero-order valence-electron chi connectivity index (χ0n) is 26.1. The number of rotatable bonds is 9. The van der Waals surface area contributed by atoms with Crippen LogP contribution in [0.25, 0.3) is 0 Å². The second kappa shape index (κ2) is 14.4. The summed E-state index contributed by atoms with van der Waals surface area (Å²) in [4.78, 5) is 49.9. The molecule has 0 bridgehead atoms. The monoisotopic (exact) mass is 590 g/mol. The molecule has 3 fully saturated rings. The van der Waals surface area contributed by atoms with E-state index < -0.39 is 48.5 Å². The van der Waals surface area contributed by atoms with Crippen molar-refractivity contribution in [2.24, 2.45) is 10.8 Å². The van der Waals surface area contributed by atoms with Gasteiger partial charge in [0.15, 0.2) is 0 Å². The first-order valence-electron chi connectivity index (χ1n) is 15.3. The van der Waals surface area contributed by atoms with Gasteiger partial charge in [0.25, 0.3) is 0 Å². The minimum Gasteiger partial charge on any atom is -0.455 e. The smallest absolute Gasteiger partial charge is 0.407 e. The first kappa shape index (κ1) is 33.5.